The number of nitrogens with two attached hydrogens (primary N) is 1. The van der Waals surface area contributed by atoms with E-state index in [1.807, 2.05) is 24.3 Å². The highest BCUT2D eigenvalue weighted by Gasteiger charge is 2.08. The third-order valence-electron chi connectivity index (χ3n) is 3.06. The van der Waals surface area contributed by atoms with Gasteiger partial charge in [-0.05, 0) is 29.3 Å². The average molecular weight is 288 g/mol. The number of primary amides is 1. The van der Waals surface area contributed by atoms with Gasteiger partial charge in [-0.25, -0.2) is 4.39 Å². The van der Waals surface area contributed by atoms with E-state index in [0.717, 1.165) is 11.1 Å². The van der Waals surface area contributed by atoms with Crippen molar-refractivity contribution in [2.24, 2.45) is 5.73 Å². The molecular weight excluding hydrogens is 271 g/mol. The Balaban J connectivity index is 2.02. The van der Waals surface area contributed by atoms with Crippen molar-refractivity contribution < 1.29 is 13.9 Å². The van der Waals surface area contributed by atoms with Gasteiger partial charge >= 0.3 is 0 Å². The van der Waals surface area contributed by atoms with Crippen LogP contribution in [0.3, 0.4) is 0 Å². The summed E-state index contributed by atoms with van der Waals surface area (Å²) in [5.41, 5.74) is 7.81. The second-order valence-electron chi connectivity index (χ2n) is 4.66. The summed E-state index contributed by atoms with van der Waals surface area (Å²) in [5, 5.41) is 3.13. The highest BCUT2D eigenvalue weighted by atomic mass is 19.1. The molecule has 0 fully saturated rings. The SMILES string of the molecule is COCc1ccc(CNc2ccc(F)c(C(N)=O)c2)cc1. The van der Waals surface area contributed by atoms with Gasteiger partial charge in [0.25, 0.3) is 5.91 Å². The molecule has 0 unspecified atom stereocenters. The fourth-order valence-corrected chi connectivity index (χ4v) is 1.95. The van der Waals surface area contributed by atoms with Gasteiger partial charge in [0.1, 0.15) is 5.82 Å². The quantitative estimate of drug-likeness (QED) is 0.859. The van der Waals surface area contributed by atoms with E-state index in [9.17, 15) is 9.18 Å². The van der Waals surface area contributed by atoms with Crippen molar-refractivity contribution in [1.29, 1.82) is 0 Å². The molecule has 0 atom stereocenters. The largest absolute Gasteiger partial charge is 0.381 e. The van der Waals surface area contributed by atoms with Crippen molar-refractivity contribution in [2.45, 2.75) is 13.2 Å². The number of carbonyl (C=O) groups excluding carboxylic acids is 1. The fourth-order valence-electron chi connectivity index (χ4n) is 1.95. The van der Waals surface area contributed by atoms with Gasteiger partial charge in [0.2, 0.25) is 0 Å². The Morgan fingerprint density at radius 3 is 2.48 bits per heavy atom. The van der Waals surface area contributed by atoms with E-state index >= 15 is 0 Å². The molecule has 0 aliphatic heterocycles. The molecule has 0 bridgehead atoms. The zero-order valence-corrected chi connectivity index (χ0v) is 11.7. The first-order chi connectivity index (χ1) is 10.1. The van der Waals surface area contributed by atoms with Gasteiger partial charge in [0, 0.05) is 19.3 Å². The van der Waals surface area contributed by atoms with Gasteiger partial charge in [-0.3, -0.25) is 4.79 Å². The number of halogens is 1. The zero-order chi connectivity index (χ0) is 15.2. The van der Waals surface area contributed by atoms with Crippen LogP contribution in [0.25, 0.3) is 0 Å². The lowest BCUT2D eigenvalue weighted by Crippen LogP contribution is -2.13. The molecule has 0 spiro atoms. The first-order valence-corrected chi connectivity index (χ1v) is 6.50. The van der Waals surface area contributed by atoms with E-state index in [1.165, 1.54) is 12.1 Å². The van der Waals surface area contributed by atoms with Gasteiger partial charge in [0.05, 0.1) is 12.2 Å². The standard InChI is InChI=1S/C16H17FN2O2/c1-21-10-12-4-2-11(3-5-12)9-19-13-6-7-15(17)14(8-13)16(18)20/h2-8,19H,9-10H2,1H3,(H2,18,20). The minimum absolute atomic E-state index is 0.115. The summed E-state index contributed by atoms with van der Waals surface area (Å²) in [6, 6.07) is 12.2. The number of anilines is 1. The normalized spacial score (nSPS) is 10.4. The minimum Gasteiger partial charge on any atom is -0.381 e. The summed E-state index contributed by atoms with van der Waals surface area (Å²) in [4.78, 5) is 11.1. The van der Waals surface area contributed by atoms with Crippen LogP contribution in [0.1, 0.15) is 21.5 Å². The molecule has 0 aliphatic rings. The molecular formula is C16H17FN2O2. The highest BCUT2D eigenvalue weighted by Crippen LogP contribution is 2.15. The zero-order valence-electron chi connectivity index (χ0n) is 11.7. The number of carbonyl (C=O) groups is 1. The maximum atomic E-state index is 13.4. The van der Waals surface area contributed by atoms with Crippen LogP contribution in [-0.2, 0) is 17.9 Å². The summed E-state index contributed by atoms with van der Waals surface area (Å²) in [5.74, 6) is -1.39. The van der Waals surface area contributed by atoms with Crippen LogP contribution in [-0.4, -0.2) is 13.0 Å². The molecule has 110 valence electrons. The van der Waals surface area contributed by atoms with Gasteiger partial charge in [-0.15, -0.1) is 0 Å². The smallest absolute Gasteiger partial charge is 0.251 e. The minimum atomic E-state index is -0.778. The number of hydrogen-bond donors (Lipinski definition) is 2. The number of hydrogen-bond acceptors (Lipinski definition) is 3. The van der Waals surface area contributed by atoms with E-state index in [1.54, 1.807) is 13.2 Å². The van der Waals surface area contributed by atoms with Crippen molar-refractivity contribution in [1.82, 2.24) is 0 Å². The molecule has 0 aromatic heterocycles. The number of amides is 1. The summed E-state index contributed by atoms with van der Waals surface area (Å²) < 4.78 is 18.4. The van der Waals surface area contributed by atoms with E-state index in [4.69, 9.17) is 10.5 Å². The summed E-state index contributed by atoms with van der Waals surface area (Å²) >= 11 is 0. The topological polar surface area (TPSA) is 64.3 Å². The van der Waals surface area contributed by atoms with Crippen molar-refractivity contribution in [3.05, 3.63) is 65.0 Å². The number of ether oxygens (including phenoxy) is 1. The van der Waals surface area contributed by atoms with Crippen LogP contribution in [0.5, 0.6) is 0 Å². The lowest BCUT2D eigenvalue weighted by Gasteiger charge is -2.09. The monoisotopic (exact) mass is 288 g/mol. The van der Waals surface area contributed by atoms with Crippen LogP contribution in [0.2, 0.25) is 0 Å². The Morgan fingerprint density at radius 2 is 1.86 bits per heavy atom. The molecule has 4 nitrogen and oxygen atoms in total. The molecule has 2 aromatic carbocycles. The van der Waals surface area contributed by atoms with Crippen LogP contribution >= 0.6 is 0 Å². The predicted molar refractivity (Wildman–Crippen MR) is 79.4 cm³/mol. The predicted octanol–water partition coefficient (Wildman–Crippen LogP) is 2.68. The molecule has 5 heteroatoms. The Morgan fingerprint density at radius 1 is 1.19 bits per heavy atom. The average Bonchev–Trinajstić information content (AvgIpc) is 2.48. The lowest BCUT2D eigenvalue weighted by atomic mass is 10.1. The number of rotatable bonds is 6. The molecule has 0 radical (unpaired) electrons. The van der Waals surface area contributed by atoms with E-state index in [0.29, 0.717) is 18.8 Å². The number of benzene rings is 2. The summed E-state index contributed by atoms with van der Waals surface area (Å²) in [6.45, 7) is 1.14. The maximum absolute atomic E-state index is 13.4. The van der Waals surface area contributed by atoms with Crippen molar-refractivity contribution >= 4 is 11.6 Å². The van der Waals surface area contributed by atoms with Crippen LogP contribution < -0.4 is 11.1 Å². The van der Waals surface area contributed by atoms with Gasteiger partial charge < -0.3 is 15.8 Å². The second-order valence-corrected chi connectivity index (χ2v) is 4.66. The first kappa shape index (κ1) is 15.0. The van der Waals surface area contributed by atoms with Crippen LogP contribution in [0, 0.1) is 5.82 Å². The van der Waals surface area contributed by atoms with Crippen molar-refractivity contribution in [3.63, 3.8) is 0 Å². The number of nitrogens with one attached hydrogen (secondary N) is 1. The van der Waals surface area contributed by atoms with Crippen LogP contribution in [0.4, 0.5) is 10.1 Å². The molecule has 21 heavy (non-hydrogen) atoms. The second kappa shape index (κ2) is 6.85. The van der Waals surface area contributed by atoms with E-state index in [-0.39, 0.29) is 5.56 Å². The Bertz CT molecular complexity index is 627. The Labute approximate surface area is 122 Å². The first-order valence-electron chi connectivity index (χ1n) is 6.50. The highest BCUT2D eigenvalue weighted by molar-refractivity contribution is 5.94. The molecule has 3 N–H and O–H groups in total. The van der Waals surface area contributed by atoms with Gasteiger partial charge in [0.15, 0.2) is 0 Å². The lowest BCUT2D eigenvalue weighted by molar-refractivity contribution is 0.0996. The maximum Gasteiger partial charge on any atom is 0.251 e. The molecule has 2 rings (SSSR count). The summed E-state index contributed by atoms with van der Waals surface area (Å²) in [7, 11) is 1.65. The third-order valence-corrected chi connectivity index (χ3v) is 3.06. The molecule has 0 saturated carbocycles. The Kier molecular flexibility index (Phi) is 4.90. The van der Waals surface area contributed by atoms with Gasteiger partial charge in [-0.1, -0.05) is 24.3 Å². The Hall–Kier alpha value is -2.40. The van der Waals surface area contributed by atoms with E-state index in [2.05, 4.69) is 5.32 Å². The van der Waals surface area contributed by atoms with Gasteiger partial charge in [-0.2, -0.15) is 0 Å². The summed E-state index contributed by atoms with van der Waals surface area (Å²) in [6.07, 6.45) is 0. The van der Waals surface area contributed by atoms with Crippen LogP contribution in [0.15, 0.2) is 42.5 Å². The molecule has 2 aromatic rings. The van der Waals surface area contributed by atoms with E-state index < -0.39 is 11.7 Å². The molecule has 0 heterocycles. The van der Waals surface area contributed by atoms with Crippen molar-refractivity contribution in [2.75, 3.05) is 12.4 Å². The van der Waals surface area contributed by atoms with Crippen molar-refractivity contribution in [3.8, 4) is 0 Å². The number of methoxy groups -OCH3 is 1. The molecule has 0 aliphatic carbocycles. The third kappa shape index (κ3) is 4.03. The molecule has 0 saturated heterocycles. The fraction of sp³-hybridized carbons (Fsp3) is 0.188. The molecule has 1 amide bonds.